The van der Waals surface area contributed by atoms with Gasteiger partial charge in [0.25, 0.3) is 0 Å². The van der Waals surface area contributed by atoms with Crippen LogP contribution in [0.2, 0.25) is 0 Å². The van der Waals surface area contributed by atoms with Crippen LogP contribution in [-0.2, 0) is 19.0 Å². The van der Waals surface area contributed by atoms with E-state index in [-0.39, 0.29) is 18.1 Å². The van der Waals surface area contributed by atoms with Gasteiger partial charge in [-0.2, -0.15) is 0 Å². The van der Waals surface area contributed by atoms with E-state index in [9.17, 15) is 15.0 Å². The predicted octanol–water partition coefficient (Wildman–Crippen LogP) is 1.39. The quantitative estimate of drug-likeness (QED) is 0.212. The zero-order chi connectivity index (χ0) is 20.8. The number of aliphatic hydroxyl groups is 4. The molecule has 0 fully saturated rings. The van der Waals surface area contributed by atoms with Crippen LogP contribution in [0.15, 0.2) is 11.5 Å². The Morgan fingerprint density at radius 3 is 2.11 bits per heavy atom. The lowest BCUT2D eigenvalue weighted by Crippen LogP contribution is -2.33. The fraction of sp³-hybridized carbons (Fsp3) is 0.850. The second kappa shape index (κ2) is 14.6. The average molecular weight is 405 g/mol. The molecule has 4 N–H and O–H groups in total. The summed E-state index contributed by atoms with van der Waals surface area (Å²) in [6.07, 6.45) is 6.70. The third-order valence-electron chi connectivity index (χ3n) is 4.57. The topological polar surface area (TPSA) is 126 Å². The van der Waals surface area contributed by atoms with Gasteiger partial charge in [0.2, 0.25) is 5.76 Å². The van der Waals surface area contributed by atoms with Crippen molar-refractivity contribution in [3.8, 4) is 0 Å². The molecule has 3 atom stereocenters. The molecule has 0 aromatic carbocycles. The summed E-state index contributed by atoms with van der Waals surface area (Å²) < 4.78 is 15.9. The number of rotatable bonds is 17. The molecule has 1 aliphatic rings. The summed E-state index contributed by atoms with van der Waals surface area (Å²) in [5.41, 5.74) is 0. The number of aliphatic hydroxyl groups excluding tert-OH is 4. The number of hydrogen-bond donors (Lipinski definition) is 4. The Balaban J connectivity index is 2.43. The van der Waals surface area contributed by atoms with Crippen molar-refractivity contribution in [2.24, 2.45) is 0 Å². The highest BCUT2D eigenvalue weighted by Gasteiger charge is 2.42. The standard InChI is InChI=1S/C20H36O8/c1-2-3-4-5-6-7-8-9-10-11-26-19-18(27-14-15(23)12-21)17(16(24)13-22)28-20(19)25/h15-17,21-24H,2-14H2,1H3/t15?,16-,17+/m0/s1. The van der Waals surface area contributed by atoms with Crippen molar-refractivity contribution >= 4 is 5.97 Å². The third kappa shape index (κ3) is 8.77. The Kier molecular flexibility index (Phi) is 12.9. The molecule has 8 heteroatoms. The van der Waals surface area contributed by atoms with Crippen LogP contribution in [0.4, 0.5) is 0 Å². The van der Waals surface area contributed by atoms with Gasteiger partial charge in [-0.15, -0.1) is 0 Å². The van der Waals surface area contributed by atoms with Gasteiger partial charge in [0.05, 0.1) is 19.8 Å². The van der Waals surface area contributed by atoms with Crippen molar-refractivity contribution in [3.63, 3.8) is 0 Å². The second-order valence-electron chi connectivity index (χ2n) is 7.09. The molecule has 0 spiro atoms. The first kappa shape index (κ1) is 24.7. The molecule has 1 rings (SSSR count). The van der Waals surface area contributed by atoms with E-state index in [4.69, 9.17) is 24.4 Å². The minimum Gasteiger partial charge on any atom is -0.487 e. The normalized spacial score (nSPS) is 18.9. The van der Waals surface area contributed by atoms with Crippen LogP contribution in [0.3, 0.4) is 0 Å². The van der Waals surface area contributed by atoms with Gasteiger partial charge < -0.3 is 34.6 Å². The van der Waals surface area contributed by atoms with Gasteiger partial charge in [0.15, 0.2) is 11.9 Å². The van der Waals surface area contributed by atoms with Gasteiger partial charge in [-0.05, 0) is 6.42 Å². The molecule has 1 aliphatic heterocycles. The minimum atomic E-state index is -1.36. The fourth-order valence-corrected chi connectivity index (χ4v) is 2.90. The molecule has 28 heavy (non-hydrogen) atoms. The zero-order valence-corrected chi connectivity index (χ0v) is 16.8. The summed E-state index contributed by atoms with van der Waals surface area (Å²) in [7, 11) is 0. The van der Waals surface area contributed by atoms with Crippen LogP contribution in [0.25, 0.3) is 0 Å². The van der Waals surface area contributed by atoms with Crippen molar-refractivity contribution in [1.29, 1.82) is 0 Å². The fourth-order valence-electron chi connectivity index (χ4n) is 2.90. The molecule has 0 saturated heterocycles. The number of hydrogen-bond acceptors (Lipinski definition) is 8. The summed E-state index contributed by atoms with van der Waals surface area (Å²) in [5, 5.41) is 37.3. The Hall–Kier alpha value is -1.35. The summed E-state index contributed by atoms with van der Waals surface area (Å²) >= 11 is 0. The maximum atomic E-state index is 12.0. The van der Waals surface area contributed by atoms with Gasteiger partial charge in [-0.3, -0.25) is 0 Å². The summed E-state index contributed by atoms with van der Waals surface area (Å²) in [6.45, 7) is 1.08. The lowest BCUT2D eigenvalue weighted by molar-refractivity contribution is -0.148. The summed E-state index contributed by atoms with van der Waals surface area (Å²) in [5.74, 6) is -0.987. The molecular weight excluding hydrogens is 368 g/mol. The monoisotopic (exact) mass is 404 g/mol. The van der Waals surface area contributed by atoms with E-state index in [0.29, 0.717) is 6.61 Å². The number of cyclic esters (lactones) is 1. The largest absolute Gasteiger partial charge is 0.487 e. The molecule has 164 valence electrons. The Bertz CT molecular complexity index is 465. The molecule has 0 amide bonds. The summed E-state index contributed by atoms with van der Waals surface area (Å²) in [4.78, 5) is 12.0. The second-order valence-corrected chi connectivity index (χ2v) is 7.09. The lowest BCUT2D eigenvalue weighted by Gasteiger charge is -2.19. The number of carbonyl (C=O) groups excluding carboxylic acids is 1. The molecule has 0 aliphatic carbocycles. The van der Waals surface area contributed by atoms with Crippen LogP contribution >= 0.6 is 0 Å². The van der Waals surface area contributed by atoms with Gasteiger partial charge in [0, 0.05) is 0 Å². The maximum absolute atomic E-state index is 12.0. The average Bonchev–Trinajstić information content (AvgIpc) is 3.02. The van der Waals surface area contributed by atoms with Gasteiger partial charge in [-0.25, -0.2) is 4.79 Å². The van der Waals surface area contributed by atoms with Crippen molar-refractivity contribution in [2.45, 2.75) is 83.0 Å². The highest BCUT2D eigenvalue weighted by atomic mass is 16.6. The Morgan fingerprint density at radius 2 is 1.54 bits per heavy atom. The first-order chi connectivity index (χ1) is 13.5. The molecule has 8 nitrogen and oxygen atoms in total. The Labute approximate surface area is 167 Å². The number of carbonyl (C=O) groups is 1. The van der Waals surface area contributed by atoms with Gasteiger partial charge in [-0.1, -0.05) is 58.3 Å². The highest BCUT2D eigenvalue weighted by Crippen LogP contribution is 2.27. The SMILES string of the molecule is CCCCCCCCCCCOC1=C(OCC(O)CO)[C@@H]([C@@H](O)CO)OC1=O. The number of unbranched alkanes of at least 4 members (excludes halogenated alkanes) is 8. The first-order valence-electron chi connectivity index (χ1n) is 10.3. The highest BCUT2D eigenvalue weighted by molar-refractivity contribution is 5.89. The maximum Gasteiger partial charge on any atom is 0.378 e. The van der Waals surface area contributed by atoms with E-state index < -0.39 is 37.5 Å². The number of esters is 1. The zero-order valence-electron chi connectivity index (χ0n) is 16.8. The van der Waals surface area contributed by atoms with Crippen molar-refractivity contribution < 1.29 is 39.4 Å². The Morgan fingerprint density at radius 1 is 0.929 bits per heavy atom. The van der Waals surface area contributed by atoms with Crippen LogP contribution in [0, 0.1) is 0 Å². The molecule has 0 aromatic heterocycles. The van der Waals surface area contributed by atoms with Crippen LogP contribution in [0.1, 0.15) is 64.7 Å². The molecule has 0 aromatic rings. The molecule has 0 saturated carbocycles. The number of ether oxygens (including phenoxy) is 3. The van der Waals surface area contributed by atoms with Crippen LogP contribution in [0.5, 0.6) is 0 Å². The molecule has 1 unspecified atom stereocenters. The third-order valence-corrected chi connectivity index (χ3v) is 4.57. The van der Waals surface area contributed by atoms with E-state index in [1.54, 1.807) is 0 Å². The van der Waals surface area contributed by atoms with Gasteiger partial charge >= 0.3 is 5.97 Å². The smallest absolute Gasteiger partial charge is 0.378 e. The van der Waals surface area contributed by atoms with E-state index in [1.807, 2.05) is 0 Å². The molecular formula is C20H36O8. The molecule has 0 radical (unpaired) electrons. The molecule has 1 heterocycles. The predicted molar refractivity (Wildman–Crippen MR) is 102 cm³/mol. The molecule has 0 bridgehead atoms. The van der Waals surface area contributed by atoms with Crippen LogP contribution < -0.4 is 0 Å². The van der Waals surface area contributed by atoms with Crippen LogP contribution in [-0.4, -0.2) is 71.1 Å². The van der Waals surface area contributed by atoms with Crippen molar-refractivity contribution in [3.05, 3.63) is 11.5 Å². The minimum absolute atomic E-state index is 0.0602. The van der Waals surface area contributed by atoms with Crippen molar-refractivity contribution in [1.82, 2.24) is 0 Å². The van der Waals surface area contributed by atoms with Crippen molar-refractivity contribution in [2.75, 3.05) is 26.4 Å². The first-order valence-corrected chi connectivity index (χ1v) is 10.3. The van der Waals surface area contributed by atoms with E-state index in [1.165, 1.54) is 38.5 Å². The summed E-state index contributed by atoms with van der Waals surface area (Å²) in [6, 6.07) is 0. The van der Waals surface area contributed by atoms with Gasteiger partial charge in [0.1, 0.15) is 18.8 Å². The van der Waals surface area contributed by atoms with E-state index in [0.717, 1.165) is 19.3 Å². The lowest BCUT2D eigenvalue weighted by atomic mass is 10.1. The van der Waals surface area contributed by atoms with E-state index in [2.05, 4.69) is 6.92 Å². The van der Waals surface area contributed by atoms with E-state index >= 15 is 0 Å².